The normalized spacial score (nSPS) is 11.1. The van der Waals surface area contributed by atoms with E-state index in [2.05, 4.69) is 39.9 Å². The molecule has 2 rings (SSSR count). The molecule has 0 aliphatic carbocycles. The summed E-state index contributed by atoms with van der Waals surface area (Å²) in [5.41, 5.74) is 1.05. The van der Waals surface area contributed by atoms with Gasteiger partial charge in [0, 0.05) is 36.8 Å². The lowest BCUT2D eigenvalue weighted by Crippen LogP contribution is -2.11. The summed E-state index contributed by atoms with van der Waals surface area (Å²) in [5.74, 6) is 0.953. The van der Waals surface area contributed by atoms with E-state index < -0.39 is 0 Å². The molecule has 17 heavy (non-hydrogen) atoms. The summed E-state index contributed by atoms with van der Waals surface area (Å²) >= 11 is 1.70. The highest BCUT2D eigenvalue weighted by atomic mass is 32.1. The first-order valence-corrected chi connectivity index (χ1v) is 6.72. The molecule has 92 valence electrons. The van der Waals surface area contributed by atoms with Gasteiger partial charge in [0.2, 0.25) is 5.95 Å². The fourth-order valence-corrected chi connectivity index (χ4v) is 2.32. The molecule has 0 aliphatic heterocycles. The number of nitrogens with zero attached hydrogens (tertiary/aromatic N) is 3. The van der Waals surface area contributed by atoms with Crippen LogP contribution in [0.5, 0.6) is 0 Å². The van der Waals surface area contributed by atoms with Crippen molar-refractivity contribution in [3.63, 3.8) is 0 Å². The zero-order valence-electron chi connectivity index (χ0n) is 10.5. The molecule has 0 radical (unpaired) electrons. The van der Waals surface area contributed by atoms with Crippen molar-refractivity contribution < 1.29 is 0 Å². The van der Waals surface area contributed by atoms with E-state index in [4.69, 9.17) is 0 Å². The molecule has 0 spiro atoms. The van der Waals surface area contributed by atoms with E-state index in [-0.39, 0.29) is 0 Å². The van der Waals surface area contributed by atoms with E-state index in [9.17, 15) is 0 Å². The van der Waals surface area contributed by atoms with Crippen molar-refractivity contribution in [2.45, 2.75) is 33.2 Å². The Hall–Kier alpha value is -1.36. The highest BCUT2D eigenvalue weighted by Crippen LogP contribution is 2.15. The van der Waals surface area contributed by atoms with E-state index in [1.807, 2.05) is 18.5 Å². The molecule has 2 heterocycles. The number of thiazole rings is 1. The van der Waals surface area contributed by atoms with Crippen molar-refractivity contribution in [3.8, 4) is 0 Å². The second-order valence-electron chi connectivity index (χ2n) is 4.31. The number of hydrogen-bond acceptors (Lipinski definition) is 4. The predicted molar refractivity (Wildman–Crippen MR) is 71.7 cm³/mol. The summed E-state index contributed by atoms with van der Waals surface area (Å²) in [5, 5.41) is 6.54. The standard InChI is InChI=1S/C12H18N4S/c1-9(2)16-8-10(3)15-12(16)14-5-4-11-13-6-7-17-11/h6-9H,4-5H2,1-3H3,(H,14,15). The summed E-state index contributed by atoms with van der Waals surface area (Å²) < 4.78 is 2.16. The Morgan fingerprint density at radius 3 is 2.94 bits per heavy atom. The molecule has 0 unspecified atom stereocenters. The van der Waals surface area contributed by atoms with Crippen molar-refractivity contribution in [3.05, 3.63) is 28.5 Å². The van der Waals surface area contributed by atoms with Crippen LogP contribution in [0.15, 0.2) is 17.8 Å². The lowest BCUT2D eigenvalue weighted by Gasteiger charge is -2.12. The Kier molecular flexibility index (Phi) is 3.78. The fourth-order valence-electron chi connectivity index (χ4n) is 1.70. The fraction of sp³-hybridized carbons (Fsp3) is 0.500. The molecule has 2 aromatic rings. The molecule has 0 aromatic carbocycles. The van der Waals surface area contributed by atoms with E-state index in [0.717, 1.165) is 29.6 Å². The molecular formula is C12H18N4S. The smallest absolute Gasteiger partial charge is 0.203 e. The first-order valence-electron chi connectivity index (χ1n) is 5.84. The molecular weight excluding hydrogens is 232 g/mol. The summed E-state index contributed by atoms with van der Waals surface area (Å²) in [6.07, 6.45) is 4.87. The SMILES string of the molecule is Cc1cn(C(C)C)c(NCCc2nccs2)n1. The van der Waals surface area contributed by atoms with Crippen LogP contribution in [0.4, 0.5) is 5.95 Å². The zero-order valence-corrected chi connectivity index (χ0v) is 11.3. The first-order chi connectivity index (χ1) is 8.16. The van der Waals surface area contributed by atoms with Crippen LogP contribution in [-0.4, -0.2) is 21.1 Å². The quantitative estimate of drug-likeness (QED) is 0.887. The van der Waals surface area contributed by atoms with Crippen molar-refractivity contribution in [2.75, 3.05) is 11.9 Å². The zero-order chi connectivity index (χ0) is 12.3. The summed E-state index contributed by atoms with van der Waals surface area (Å²) in [6, 6.07) is 0.429. The van der Waals surface area contributed by atoms with Gasteiger partial charge in [0.1, 0.15) is 0 Å². The highest BCUT2D eigenvalue weighted by Gasteiger charge is 2.07. The highest BCUT2D eigenvalue weighted by molar-refractivity contribution is 7.09. The van der Waals surface area contributed by atoms with Gasteiger partial charge in [0.15, 0.2) is 0 Å². The van der Waals surface area contributed by atoms with Crippen LogP contribution in [0.1, 0.15) is 30.6 Å². The second kappa shape index (κ2) is 5.31. The number of aromatic nitrogens is 3. The van der Waals surface area contributed by atoms with Crippen LogP contribution in [0, 0.1) is 6.92 Å². The van der Waals surface area contributed by atoms with Gasteiger partial charge in [-0.15, -0.1) is 11.3 Å². The van der Waals surface area contributed by atoms with Crippen molar-refractivity contribution in [2.24, 2.45) is 0 Å². The number of aryl methyl sites for hydroxylation is 1. The number of nitrogens with one attached hydrogen (secondary N) is 1. The van der Waals surface area contributed by atoms with Gasteiger partial charge in [-0.1, -0.05) is 0 Å². The average Bonchev–Trinajstić information content (AvgIpc) is 2.88. The molecule has 0 atom stereocenters. The van der Waals surface area contributed by atoms with Gasteiger partial charge >= 0.3 is 0 Å². The molecule has 1 N–H and O–H groups in total. The number of imidazole rings is 1. The van der Waals surface area contributed by atoms with E-state index >= 15 is 0 Å². The van der Waals surface area contributed by atoms with Gasteiger partial charge in [-0.25, -0.2) is 9.97 Å². The monoisotopic (exact) mass is 250 g/mol. The third kappa shape index (κ3) is 3.06. The van der Waals surface area contributed by atoms with Gasteiger partial charge in [-0.05, 0) is 20.8 Å². The summed E-state index contributed by atoms with van der Waals surface area (Å²) in [6.45, 7) is 7.21. The topological polar surface area (TPSA) is 42.7 Å². The number of hydrogen-bond donors (Lipinski definition) is 1. The van der Waals surface area contributed by atoms with Gasteiger partial charge < -0.3 is 9.88 Å². The van der Waals surface area contributed by atoms with Gasteiger partial charge in [0.25, 0.3) is 0 Å². The number of rotatable bonds is 5. The number of anilines is 1. The Bertz CT molecular complexity index is 459. The molecule has 0 amide bonds. The minimum atomic E-state index is 0.429. The lowest BCUT2D eigenvalue weighted by molar-refractivity contribution is 0.604. The van der Waals surface area contributed by atoms with Gasteiger partial charge in [-0.3, -0.25) is 0 Å². The third-order valence-electron chi connectivity index (χ3n) is 2.51. The Morgan fingerprint density at radius 1 is 1.47 bits per heavy atom. The molecule has 0 saturated carbocycles. The molecule has 0 fully saturated rings. The minimum absolute atomic E-state index is 0.429. The average molecular weight is 250 g/mol. The Balaban J connectivity index is 1.94. The van der Waals surface area contributed by atoms with E-state index in [1.54, 1.807) is 11.3 Å². The molecule has 5 heteroatoms. The van der Waals surface area contributed by atoms with Crippen LogP contribution < -0.4 is 5.32 Å². The van der Waals surface area contributed by atoms with Crippen molar-refractivity contribution in [1.82, 2.24) is 14.5 Å². The van der Waals surface area contributed by atoms with Crippen molar-refractivity contribution >= 4 is 17.3 Å². The van der Waals surface area contributed by atoms with Crippen LogP contribution >= 0.6 is 11.3 Å². The molecule has 0 saturated heterocycles. The molecule has 0 bridgehead atoms. The molecule has 0 aliphatic rings. The maximum atomic E-state index is 4.49. The van der Waals surface area contributed by atoms with Gasteiger partial charge in [-0.2, -0.15) is 0 Å². The van der Waals surface area contributed by atoms with E-state index in [1.165, 1.54) is 0 Å². The molecule has 2 aromatic heterocycles. The predicted octanol–water partition coefficient (Wildman–Crippen LogP) is 2.88. The summed E-state index contributed by atoms with van der Waals surface area (Å²) in [7, 11) is 0. The molecule has 4 nitrogen and oxygen atoms in total. The Morgan fingerprint density at radius 2 is 2.29 bits per heavy atom. The Labute approximate surface area is 106 Å². The van der Waals surface area contributed by atoms with Crippen LogP contribution in [-0.2, 0) is 6.42 Å². The van der Waals surface area contributed by atoms with E-state index in [0.29, 0.717) is 6.04 Å². The minimum Gasteiger partial charge on any atom is -0.355 e. The van der Waals surface area contributed by atoms with Crippen molar-refractivity contribution in [1.29, 1.82) is 0 Å². The maximum Gasteiger partial charge on any atom is 0.203 e. The van der Waals surface area contributed by atoms with Crippen LogP contribution in [0.3, 0.4) is 0 Å². The first kappa shape index (κ1) is 12.1. The van der Waals surface area contributed by atoms with Crippen LogP contribution in [0.25, 0.3) is 0 Å². The second-order valence-corrected chi connectivity index (χ2v) is 5.29. The largest absolute Gasteiger partial charge is 0.355 e. The van der Waals surface area contributed by atoms with Gasteiger partial charge in [0.05, 0.1) is 10.7 Å². The third-order valence-corrected chi connectivity index (χ3v) is 3.35. The maximum absolute atomic E-state index is 4.49. The van der Waals surface area contributed by atoms with Crippen LogP contribution in [0.2, 0.25) is 0 Å². The lowest BCUT2D eigenvalue weighted by atomic mass is 10.4. The summed E-state index contributed by atoms with van der Waals surface area (Å²) in [4.78, 5) is 8.75.